The van der Waals surface area contributed by atoms with E-state index in [2.05, 4.69) is 34.9 Å². The summed E-state index contributed by atoms with van der Waals surface area (Å²) >= 11 is 0. The third-order valence-electron chi connectivity index (χ3n) is 10.1. The molecule has 8 saturated carbocycles. The minimum Gasteiger partial charge on any atom is -0.380 e. The van der Waals surface area contributed by atoms with E-state index in [4.69, 9.17) is 0 Å². The first-order chi connectivity index (χ1) is 14.5. The van der Waals surface area contributed by atoms with Gasteiger partial charge < -0.3 is 10.6 Å². The van der Waals surface area contributed by atoms with Gasteiger partial charge in [0, 0.05) is 16.9 Å². The maximum absolute atomic E-state index is 13.5. The maximum Gasteiger partial charge on any atom is 0.230 e. The van der Waals surface area contributed by atoms with E-state index in [-0.39, 0.29) is 5.41 Å². The molecule has 2 N–H and O–H groups in total. The van der Waals surface area contributed by atoms with Crippen LogP contribution in [0.3, 0.4) is 0 Å². The van der Waals surface area contributed by atoms with Crippen LogP contribution >= 0.6 is 0 Å². The second-order valence-electron chi connectivity index (χ2n) is 12.6. The SMILES string of the molecule is O=C(Nc1cccc(NC23CC4CC(CC(C4)C2)C3)c1)C12CC3CC(CC(C3)C1)C2. The fraction of sp³-hybridized carbons (Fsp3) is 0.741. The Morgan fingerprint density at radius 1 is 0.700 bits per heavy atom. The van der Waals surface area contributed by atoms with Crippen LogP contribution in [0, 0.1) is 40.9 Å². The van der Waals surface area contributed by atoms with Crippen LogP contribution in [0.2, 0.25) is 0 Å². The summed E-state index contributed by atoms with van der Waals surface area (Å²) in [5.41, 5.74) is 2.45. The summed E-state index contributed by atoms with van der Waals surface area (Å²) in [6, 6.07) is 8.62. The first-order valence-electron chi connectivity index (χ1n) is 12.7. The Morgan fingerprint density at radius 2 is 1.17 bits per heavy atom. The minimum atomic E-state index is -0.0713. The molecule has 8 aliphatic rings. The highest BCUT2D eigenvalue weighted by Crippen LogP contribution is 2.60. The van der Waals surface area contributed by atoms with Gasteiger partial charge in [0.25, 0.3) is 0 Å². The molecule has 30 heavy (non-hydrogen) atoms. The molecule has 9 rings (SSSR count). The number of hydrogen-bond donors (Lipinski definition) is 2. The number of benzene rings is 1. The van der Waals surface area contributed by atoms with Crippen molar-refractivity contribution >= 4 is 17.3 Å². The van der Waals surface area contributed by atoms with Crippen molar-refractivity contribution in [3.63, 3.8) is 0 Å². The van der Waals surface area contributed by atoms with Crippen LogP contribution in [0.25, 0.3) is 0 Å². The molecular formula is C27H36N2O. The summed E-state index contributed by atoms with van der Waals surface area (Å²) in [4.78, 5) is 13.5. The Kier molecular flexibility index (Phi) is 3.78. The van der Waals surface area contributed by atoms with Gasteiger partial charge in [-0.15, -0.1) is 0 Å². The van der Waals surface area contributed by atoms with Crippen LogP contribution in [0.1, 0.15) is 77.0 Å². The Balaban J connectivity index is 1.09. The smallest absolute Gasteiger partial charge is 0.230 e. The monoisotopic (exact) mass is 404 g/mol. The van der Waals surface area contributed by atoms with Gasteiger partial charge in [0.2, 0.25) is 5.91 Å². The number of nitrogens with one attached hydrogen (secondary N) is 2. The highest BCUT2D eigenvalue weighted by Gasteiger charge is 2.55. The molecule has 8 aliphatic carbocycles. The van der Waals surface area contributed by atoms with E-state index in [1.54, 1.807) is 0 Å². The van der Waals surface area contributed by atoms with Crippen molar-refractivity contribution in [3.8, 4) is 0 Å². The second-order valence-corrected chi connectivity index (χ2v) is 12.6. The molecule has 8 bridgehead atoms. The van der Waals surface area contributed by atoms with Crippen molar-refractivity contribution in [1.82, 2.24) is 0 Å². The number of amides is 1. The topological polar surface area (TPSA) is 41.1 Å². The van der Waals surface area contributed by atoms with Gasteiger partial charge in [-0.25, -0.2) is 0 Å². The van der Waals surface area contributed by atoms with Gasteiger partial charge >= 0.3 is 0 Å². The Morgan fingerprint density at radius 3 is 1.70 bits per heavy atom. The van der Waals surface area contributed by atoms with E-state index < -0.39 is 0 Å². The van der Waals surface area contributed by atoms with E-state index >= 15 is 0 Å². The molecule has 0 spiro atoms. The molecule has 1 amide bonds. The number of rotatable bonds is 4. The molecule has 1 aromatic carbocycles. The lowest BCUT2D eigenvalue weighted by molar-refractivity contribution is -0.140. The summed E-state index contributed by atoms with van der Waals surface area (Å²) in [5, 5.41) is 7.35. The van der Waals surface area contributed by atoms with Crippen molar-refractivity contribution in [2.75, 3.05) is 10.6 Å². The van der Waals surface area contributed by atoms with E-state index in [0.29, 0.717) is 11.4 Å². The predicted octanol–water partition coefficient (Wildman–Crippen LogP) is 6.22. The average molecular weight is 405 g/mol. The molecule has 0 aliphatic heterocycles. The van der Waals surface area contributed by atoms with Crippen molar-refractivity contribution in [1.29, 1.82) is 0 Å². The normalized spacial score (nSPS) is 47.5. The summed E-state index contributed by atoms with van der Waals surface area (Å²) in [5.74, 6) is 5.59. The highest BCUT2D eigenvalue weighted by molar-refractivity contribution is 5.96. The molecule has 1 aromatic rings. The van der Waals surface area contributed by atoms with Crippen LogP contribution in [-0.4, -0.2) is 11.4 Å². The number of carbonyl (C=O) groups is 1. The van der Waals surface area contributed by atoms with E-state index in [1.165, 1.54) is 63.5 Å². The van der Waals surface area contributed by atoms with Crippen LogP contribution in [0.15, 0.2) is 24.3 Å². The standard InChI is InChI=1S/C27H36N2O/c30-25(26-11-17-4-18(12-26)6-19(5-17)13-26)28-23-2-1-3-24(10-23)29-27-14-20-7-21(15-27)9-22(8-20)16-27/h1-3,10,17-22,29H,4-9,11-16H2,(H,28,30). The fourth-order valence-corrected chi connectivity index (χ4v) is 9.90. The van der Waals surface area contributed by atoms with E-state index in [9.17, 15) is 4.79 Å². The van der Waals surface area contributed by atoms with Crippen LogP contribution in [-0.2, 0) is 4.79 Å². The number of anilines is 2. The molecule has 3 nitrogen and oxygen atoms in total. The van der Waals surface area contributed by atoms with Gasteiger partial charge in [0.15, 0.2) is 0 Å². The van der Waals surface area contributed by atoms with Gasteiger partial charge in [0.05, 0.1) is 5.41 Å². The largest absolute Gasteiger partial charge is 0.380 e. The van der Waals surface area contributed by atoms with Crippen molar-refractivity contribution in [2.24, 2.45) is 40.9 Å². The molecule has 0 saturated heterocycles. The first kappa shape index (κ1) is 18.1. The number of hydrogen-bond acceptors (Lipinski definition) is 2. The Labute approximate surface area is 180 Å². The van der Waals surface area contributed by atoms with Crippen molar-refractivity contribution < 1.29 is 4.79 Å². The summed E-state index contributed by atoms with van der Waals surface area (Å²) in [6.07, 6.45) is 16.0. The lowest BCUT2D eigenvalue weighted by Crippen LogP contribution is -2.54. The Hall–Kier alpha value is -1.51. The molecule has 8 fully saturated rings. The lowest BCUT2D eigenvalue weighted by Gasteiger charge is -2.57. The highest BCUT2D eigenvalue weighted by atomic mass is 16.2. The van der Waals surface area contributed by atoms with Gasteiger partial charge in [-0.2, -0.15) is 0 Å². The van der Waals surface area contributed by atoms with Gasteiger partial charge in [-0.05, 0) is 131 Å². The molecule has 0 atom stereocenters. The molecule has 0 unspecified atom stereocenters. The summed E-state index contributed by atoms with van der Waals surface area (Å²) in [7, 11) is 0. The zero-order chi connectivity index (χ0) is 19.9. The molecule has 0 aromatic heterocycles. The van der Waals surface area contributed by atoms with Gasteiger partial charge in [-0.1, -0.05) is 6.07 Å². The third kappa shape index (κ3) is 2.87. The van der Waals surface area contributed by atoms with Crippen LogP contribution < -0.4 is 10.6 Å². The lowest BCUT2D eigenvalue weighted by atomic mass is 9.49. The molecular weight excluding hydrogens is 368 g/mol. The fourth-order valence-electron chi connectivity index (χ4n) is 9.90. The zero-order valence-electron chi connectivity index (χ0n) is 18.2. The Bertz CT molecular complexity index is 803. The minimum absolute atomic E-state index is 0.0713. The summed E-state index contributed by atoms with van der Waals surface area (Å²) in [6.45, 7) is 0. The molecule has 160 valence electrons. The zero-order valence-corrected chi connectivity index (χ0v) is 18.2. The van der Waals surface area contributed by atoms with E-state index in [0.717, 1.165) is 60.5 Å². The predicted molar refractivity (Wildman–Crippen MR) is 120 cm³/mol. The maximum atomic E-state index is 13.5. The molecule has 0 radical (unpaired) electrons. The quantitative estimate of drug-likeness (QED) is 0.625. The van der Waals surface area contributed by atoms with Gasteiger partial charge in [0.1, 0.15) is 0 Å². The molecule has 0 heterocycles. The average Bonchev–Trinajstić information content (AvgIpc) is 2.65. The van der Waals surface area contributed by atoms with Crippen LogP contribution in [0.5, 0.6) is 0 Å². The number of carbonyl (C=O) groups excluding carboxylic acids is 1. The third-order valence-corrected chi connectivity index (χ3v) is 10.1. The van der Waals surface area contributed by atoms with E-state index in [1.807, 2.05) is 0 Å². The van der Waals surface area contributed by atoms with Gasteiger partial charge in [-0.3, -0.25) is 4.79 Å². The first-order valence-corrected chi connectivity index (χ1v) is 12.7. The summed E-state index contributed by atoms with van der Waals surface area (Å²) < 4.78 is 0. The van der Waals surface area contributed by atoms with Crippen molar-refractivity contribution in [3.05, 3.63) is 24.3 Å². The second kappa shape index (κ2) is 6.26. The molecule has 3 heteroatoms. The van der Waals surface area contributed by atoms with Crippen molar-refractivity contribution in [2.45, 2.75) is 82.6 Å². The van der Waals surface area contributed by atoms with Crippen LogP contribution in [0.4, 0.5) is 11.4 Å².